The van der Waals surface area contributed by atoms with E-state index < -0.39 is 0 Å². The van der Waals surface area contributed by atoms with Gasteiger partial charge in [0.2, 0.25) is 0 Å². The van der Waals surface area contributed by atoms with Crippen LogP contribution in [0.2, 0.25) is 0 Å². The minimum atomic E-state index is 0.179. The molecule has 0 heterocycles. The van der Waals surface area contributed by atoms with Gasteiger partial charge in [-0.1, -0.05) is 24.3 Å². The summed E-state index contributed by atoms with van der Waals surface area (Å²) in [5, 5.41) is 0. The molecule has 14 heavy (non-hydrogen) atoms. The van der Waals surface area contributed by atoms with Crippen LogP contribution in [0.4, 0.5) is 0 Å². The van der Waals surface area contributed by atoms with Crippen LogP contribution in [0.15, 0.2) is 24.3 Å². The Morgan fingerprint density at radius 1 is 1.50 bits per heavy atom. The van der Waals surface area contributed by atoms with E-state index >= 15 is 0 Å². The maximum Gasteiger partial charge on any atom is 0.0613 e. The van der Waals surface area contributed by atoms with Gasteiger partial charge < -0.3 is 10.5 Å². The lowest BCUT2D eigenvalue weighted by atomic mass is 9.74. The fraction of sp³-hybridized carbons (Fsp3) is 0.500. The molecule has 0 fully saturated rings. The van der Waals surface area contributed by atoms with Gasteiger partial charge in [-0.3, -0.25) is 0 Å². The average Bonchev–Trinajstić information content (AvgIpc) is 2.15. The predicted octanol–water partition coefficient (Wildman–Crippen LogP) is 1.69. The molecule has 0 radical (unpaired) electrons. The van der Waals surface area contributed by atoms with Gasteiger partial charge in [0.05, 0.1) is 6.61 Å². The van der Waals surface area contributed by atoms with Crippen LogP contribution >= 0.6 is 0 Å². The summed E-state index contributed by atoms with van der Waals surface area (Å²) in [6, 6.07) is 8.80. The van der Waals surface area contributed by atoms with E-state index in [1.54, 1.807) is 7.11 Å². The summed E-state index contributed by atoms with van der Waals surface area (Å²) < 4.78 is 5.04. The molecular weight excluding hydrogens is 174 g/mol. The molecule has 1 aliphatic carbocycles. The Morgan fingerprint density at radius 2 is 2.29 bits per heavy atom. The van der Waals surface area contributed by atoms with Crippen molar-refractivity contribution in [2.75, 3.05) is 13.7 Å². The molecule has 1 aromatic carbocycles. The zero-order valence-electron chi connectivity index (χ0n) is 8.57. The van der Waals surface area contributed by atoms with Gasteiger partial charge in [-0.2, -0.15) is 0 Å². The number of methoxy groups -OCH3 is 1. The third-order valence-corrected chi connectivity index (χ3v) is 2.93. The van der Waals surface area contributed by atoms with E-state index in [1.807, 2.05) is 0 Å². The quantitative estimate of drug-likeness (QED) is 0.786. The van der Waals surface area contributed by atoms with Crippen LogP contribution in [-0.4, -0.2) is 19.8 Å². The summed E-state index contributed by atoms with van der Waals surface area (Å²) in [5.41, 5.74) is 8.90. The lowest BCUT2D eigenvalue weighted by molar-refractivity contribution is 0.172. The highest BCUT2D eigenvalue weighted by Gasteiger charge is 2.26. The Balaban J connectivity index is 1.92. The Hall–Kier alpha value is -0.860. The monoisotopic (exact) mass is 191 g/mol. The van der Waals surface area contributed by atoms with Gasteiger partial charge in [0.25, 0.3) is 0 Å². The Kier molecular flexibility index (Phi) is 2.85. The molecule has 0 aromatic heterocycles. The molecule has 0 amide bonds. The second-order valence-corrected chi connectivity index (χ2v) is 4.05. The molecule has 0 saturated heterocycles. The predicted molar refractivity (Wildman–Crippen MR) is 57.4 cm³/mol. The van der Waals surface area contributed by atoms with E-state index in [1.165, 1.54) is 17.5 Å². The van der Waals surface area contributed by atoms with Crippen LogP contribution in [0.25, 0.3) is 0 Å². The van der Waals surface area contributed by atoms with Crippen molar-refractivity contribution >= 4 is 0 Å². The van der Waals surface area contributed by atoms with Gasteiger partial charge in [-0.05, 0) is 29.9 Å². The fourth-order valence-electron chi connectivity index (χ4n) is 2.22. The summed E-state index contributed by atoms with van der Waals surface area (Å²) in [4.78, 5) is 0. The third-order valence-electron chi connectivity index (χ3n) is 2.93. The first-order valence-corrected chi connectivity index (χ1v) is 5.13. The van der Waals surface area contributed by atoms with Crippen LogP contribution in [0.1, 0.15) is 23.5 Å². The van der Waals surface area contributed by atoms with Crippen molar-refractivity contribution in [2.45, 2.75) is 24.8 Å². The topological polar surface area (TPSA) is 35.2 Å². The Labute approximate surface area is 85.1 Å². The van der Waals surface area contributed by atoms with Gasteiger partial charge in [-0.25, -0.2) is 0 Å². The maximum atomic E-state index is 5.93. The molecule has 0 aliphatic heterocycles. The highest BCUT2D eigenvalue weighted by molar-refractivity contribution is 5.39. The largest absolute Gasteiger partial charge is 0.383 e. The molecule has 2 atom stereocenters. The first-order chi connectivity index (χ1) is 6.81. The maximum absolute atomic E-state index is 5.93. The van der Waals surface area contributed by atoms with Crippen molar-refractivity contribution in [1.29, 1.82) is 0 Å². The standard InChI is InChI=1S/C12H17NO/c1-14-8-11(13)7-10-6-9-4-2-3-5-12(9)10/h2-5,10-11H,6-8,13H2,1H3. The molecular formula is C12H17NO. The summed E-state index contributed by atoms with van der Waals surface area (Å²) in [6.45, 7) is 0.665. The smallest absolute Gasteiger partial charge is 0.0613 e. The number of nitrogens with two attached hydrogens (primary N) is 1. The van der Waals surface area contributed by atoms with Crippen molar-refractivity contribution in [3.05, 3.63) is 35.4 Å². The third kappa shape index (κ3) is 1.81. The minimum absolute atomic E-state index is 0.179. The van der Waals surface area contributed by atoms with Gasteiger partial charge in [0.1, 0.15) is 0 Å². The molecule has 2 rings (SSSR count). The second-order valence-electron chi connectivity index (χ2n) is 4.05. The van der Waals surface area contributed by atoms with Crippen LogP contribution in [0.5, 0.6) is 0 Å². The van der Waals surface area contributed by atoms with E-state index in [9.17, 15) is 0 Å². The zero-order chi connectivity index (χ0) is 9.97. The molecule has 2 N–H and O–H groups in total. The van der Waals surface area contributed by atoms with Gasteiger partial charge in [0.15, 0.2) is 0 Å². The van der Waals surface area contributed by atoms with Crippen LogP contribution in [0.3, 0.4) is 0 Å². The van der Waals surface area contributed by atoms with E-state index in [0.717, 1.165) is 6.42 Å². The summed E-state index contributed by atoms with van der Waals surface area (Å²) in [5.74, 6) is 0.663. The average molecular weight is 191 g/mol. The van der Waals surface area contributed by atoms with E-state index in [4.69, 9.17) is 10.5 Å². The molecule has 1 aliphatic rings. The van der Waals surface area contributed by atoms with E-state index in [2.05, 4.69) is 24.3 Å². The molecule has 76 valence electrons. The lowest BCUT2D eigenvalue weighted by Crippen LogP contribution is -2.31. The summed E-state index contributed by atoms with van der Waals surface area (Å²) >= 11 is 0. The van der Waals surface area contributed by atoms with Crippen LogP contribution < -0.4 is 5.73 Å². The van der Waals surface area contributed by atoms with Crippen molar-refractivity contribution in [2.24, 2.45) is 5.73 Å². The first-order valence-electron chi connectivity index (χ1n) is 5.13. The fourth-order valence-corrected chi connectivity index (χ4v) is 2.22. The van der Waals surface area contributed by atoms with Crippen LogP contribution in [-0.2, 0) is 11.2 Å². The Morgan fingerprint density at radius 3 is 3.00 bits per heavy atom. The SMILES string of the molecule is COCC(N)CC1Cc2ccccc21. The van der Waals surface area contributed by atoms with E-state index in [-0.39, 0.29) is 6.04 Å². The highest BCUT2D eigenvalue weighted by atomic mass is 16.5. The normalized spacial score (nSPS) is 21.1. The lowest BCUT2D eigenvalue weighted by Gasteiger charge is -2.31. The molecule has 1 aromatic rings. The molecule has 0 bridgehead atoms. The molecule has 0 spiro atoms. The number of ether oxygens (including phenoxy) is 1. The van der Waals surface area contributed by atoms with Crippen molar-refractivity contribution in [3.8, 4) is 0 Å². The number of benzene rings is 1. The molecule has 2 unspecified atom stereocenters. The van der Waals surface area contributed by atoms with Crippen molar-refractivity contribution in [3.63, 3.8) is 0 Å². The molecule has 2 nitrogen and oxygen atoms in total. The first kappa shape index (κ1) is 9.69. The van der Waals surface area contributed by atoms with Gasteiger partial charge in [0, 0.05) is 13.2 Å². The minimum Gasteiger partial charge on any atom is -0.383 e. The number of hydrogen-bond donors (Lipinski definition) is 1. The Bertz CT molecular complexity index is 311. The van der Waals surface area contributed by atoms with E-state index in [0.29, 0.717) is 12.5 Å². The van der Waals surface area contributed by atoms with Crippen molar-refractivity contribution < 1.29 is 4.74 Å². The number of rotatable bonds is 4. The van der Waals surface area contributed by atoms with Crippen molar-refractivity contribution in [1.82, 2.24) is 0 Å². The van der Waals surface area contributed by atoms with Gasteiger partial charge in [-0.15, -0.1) is 0 Å². The number of hydrogen-bond acceptors (Lipinski definition) is 2. The van der Waals surface area contributed by atoms with Gasteiger partial charge >= 0.3 is 0 Å². The summed E-state index contributed by atoms with van der Waals surface area (Å²) in [6.07, 6.45) is 2.23. The van der Waals surface area contributed by atoms with Crippen LogP contribution in [0, 0.1) is 0 Å². The highest BCUT2D eigenvalue weighted by Crippen LogP contribution is 2.37. The zero-order valence-corrected chi connectivity index (χ0v) is 8.57. The molecule has 0 saturated carbocycles. The summed E-state index contributed by atoms with van der Waals surface area (Å²) in [7, 11) is 1.70. The second kappa shape index (κ2) is 4.11. The molecule has 2 heteroatoms. The number of fused-ring (bicyclic) bond motifs is 1.